The fraction of sp³-hybridized carbons (Fsp3) is 0.455. The number of aryl methyl sites for hydroxylation is 2. The standard InChI is InChI=1S/C11H16N4O2S3/c1-4-12-6-9-5-10(7(2)18-9)20(16,17)15-11-14-13-8(3)19-11/h5,12H,4,6H2,1-3H3,(H,14,15). The molecule has 2 aromatic heterocycles. The summed E-state index contributed by atoms with van der Waals surface area (Å²) in [6.07, 6.45) is 0. The molecule has 0 atom stereocenters. The highest BCUT2D eigenvalue weighted by molar-refractivity contribution is 7.93. The van der Waals surface area contributed by atoms with Gasteiger partial charge in [-0.3, -0.25) is 4.72 Å². The predicted octanol–water partition coefficient (Wildman–Crippen LogP) is 2.13. The van der Waals surface area contributed by atoms with Crippen LogP contribution in [0.3, 0.4) is 0 Å². The van der Waals surface area contributed by atoms with Crippen molar-refractivity contribution in [2.45, 2.75) is 32.2 Å². The van der Waals surface area contributed by atoms with Crippen LogP contribution in [0.15, 0.2) is 11.0 Å². The van der Waals surface area contributed by atoms with Crippen molar-refractivity contribution in [1.29, 1.82) is 0 Å². The molecule has 9 heteroatoms. The van der Waals surface area contributed by atoms with Crippen molar-refractivity contribution in [3.63, 3.8) is 0 Å². The number of hydrogen-bond donors (Lipinski definition) is 2. The zero-order valence-corrected chi connectivity index (χ0v) is 13.9. The highest BCUT2D eigenvalue weighted by Crippen LogP contribution is 2.28. The first-order chi connectivity index (χ1) is 9.42. The second kappa shape index (κ2) is 6.17. The van der Waals surface area contributed by atoms with Crippen LogP contribution in [0.5, 0.6) is 0 Å². The lowest BCUT2D eigenvalue weighted by molar-refractivity contribution is 0.601. The van der Waals surface area contributed by atoms with E-state index >= 15 is 0 Å². The van der Waals surface area contributed by atoms with E-state index in [1.54, 1.807) is 19.9 Å². The van der Waals surface area contributed by atoms with Gasteiger partial charge in [-0.25, -0.2) is 8.42 Å². The number of nitrogens with one attached hydrogen (secondary N) is 2. The Morgan fingerprint density at radius 1 is 1.25 bits per heavy atom. The first-order valence-corrected chi connectivity index (χ1v) is 9.17. The van der Waals surface area contributed by atoms with Gasteiger partial charge < -0.3 is 5.32 Å². The van der Waals surface area contributed by atoms with Crippen molar-refractivity contribution >= 4 is 37.8 Å². The molecule has 0 aliphatic heterocycles. The molecule has 2 heterocycles. The van der Waals surface area contributed by atoms with Gasteiger partial charge in [-0.2, -0.15) is 0 Å². The lowest BCUT2D eigenvalue weighted by Crippen LogP contribution is -2.13. The van der Waals surface area contributed by atoms with Crippen LogP contribution in [0.1, 0.15) is 21.7 Å². The molecule has 2 N–H and O–H groups in total. The number of sulfonamides is 1. The van der Waals surface area contributed by atoms with Crippen molar-refractivity contribution < 1.29 is 8.42 Å². The van der Waals surface area contributed by atoms with Crippen LogP contribution in [0, 0.1) is 13.8 Å². The average Bonchev–Trinajstić information content (AvgIpc) is 2.93. The number of aromatic nitrogens is 2. The van der Waals surface area contributed by atoms with Gasteiger partial charge in [-0.1, -0.05) is 18.3 Å². The van der Waals surface area contributed by atoms with Crippen LogP contribution in [0.2, 0.25) is 0 Å². The molecule has 110 valence electrons. The molecule has 6 nitrogen and oxygen atoms in total. The van der Waals surface area contributed by atoms with Crippen LogP contribution < -0.4 is 10.0 Å². The Labute approximate surface area is 126 Å². The van der Waals surface area contributed by atoms with Crippen molar-refractivity contribution in [1.82, 2.24) is 15.5 Å². The van der Waals surface area contributed by atoms with Crippen LogP contribution >= 0.6 is 22.7 Å². The third-order valence-corrected chi connectivity index (χ3v) is 6.04. The van der Waals surface area contributed by atoms with Gasteiger partial charge in [0, 0.05) is 16.3 Å². The predicted molar refractivity (Wildman–Crippen MR) is 81.9 cm³/mol. The lowest BCUT2D eigenvalue weighted by Gasteiger charge is -2.03. The van der Waals surface area contributed by atoms with E-state index in [0.29, 0.717) is 16.6 Å². The fourth-order valence-corrected chi connectivity index (χ4v) is 5.06. The summed E-state index contributed by atoms with van der Waals surface area (Å²) in [5, 5.41) is 11.8. The molecule has 0 amide bonds. The summed E-state index contributed by atoms with van der Waals surface area (Å²) >= 11 is 2.70. The topological polar surface area (TPSA) is 84.0 Å². The van der Waals surface area contributed by atoms with Gasteiger partial charge in [0.15, 0.2) is 0 Å². The van der Waals surface area contributed by atoms with Crippen molar-refractivity contribution in [3.05, 3.63) is 20.8 Å². The SMILES string of the molecule is CCNCc1cc(S(=O)(=O)Nc2nnc(C)s2)c(C)s1. The van der Waals surface area contributed by atoms with E-state index in [1.807, 2.05) is 6.92 Å². The highest BCUT2D eigenvalue weighted by atomic mass is 32.2. The van der Waals surface area contributed by atoms with E-state index in [4.69, 9.17) is 0 Å². The Bertz CT molecular complexity index is 690. The van der Waals surface area contributed by atoms with Gasteiger partial charge in [0.25, 0.3) is 10.0 Å². The molecule has 0 aromatic carbocycles. The molecule has 2 rings (SSSR count). The summed E-state index contributed by atoms with van der Waals surface area (Å²) < 4.78 is 27.1. The Morgan fingerprint density at radius 2 is 2.00 bits per heavy atom. The summed E-state index contributed by atoms with van der Waals surface area (Å²) in [7, 11) is -3.59. The normalized spacial score (nSPS) is 11.8. The van der Waals surface area contributed by atoms with Crippen molar-refractivity contribution in [2.24, 2.45) is 0 Å². The monoisotopic (exact) mass is 332 g/mol. The zero-order chi connectivity index (χ0) is 14.8. The average molecular weight is 332 g/mol. The molecule has 0 aliphatic rings. The van der Waals surface area contributed by atoms with E-state index < -0.39 is 10.0 Å². The number of rotatable bonds is 6. The molecule has 0 saturated carbocycles. The van der Waals surface area contributed by atoms with Gasteiger partial charge in [-0.15, -0.1) is 21.5 Å². The largest absolute Gasteiger partial charge is 0.312 e. The first kappa shape index (κ1) is 15.4. The Balaban J connectivity index is 2.22. The zero-order valence-electron chi connectivity index (χ0n) is 11.4. The van der Waals surface area contributed by atoms with E-state index in [2.05, 4.69) is 20.2 Å². The molecule has 0 bridgehead atoms. The molecular weight excluding hydrogens is 316 g/mol. The quantitative estimate of drug-likeness (QED) is 0.846. The van der Waals surface area contributed by atoms with Gasteiger partial charge in [-0.05, 0) is 26.5 Å². The van der Waals surface area contributed by atoms with Crippen molar-refractivity contribution in [3.8, 4) is 0 Å². The van der Waals surface area contributed by atoms with E-state index in [0.717, 1.165) is 21.3 Å². The number of hydrogen-bond acceptors (Lipinski definition) is 7. The number of thiophene rings is 1. The molecule has 0 saturated heterocycles. The smallest absolute Gasteiger partial charge is 0.264 e. The molecule has 20 heavy (non-hydrogen) atoms. The third-order valence-electron chi connectivity index (χ3n) is 2.51. The van der Waals surface area contributed by atoms with Crippen LogP contribution in [-0.4, -0.2) is 25.2 Å². The summed E-state index contributed by atoms with van der Waals surface area (Å²) in [6.45, 7) is 7.12. The maximum atomic E-state index is 12.3. The molecular formula is C11H16N4O2S3. The molecule has 0 aliphatic carbocycles. The first-order valence-electron chi connectivity index (χ1n) is 6.05. The molecule has 0 unspecified atom stereocenters. The van der Waals surface area contributed by atoms with Gasteiger partial charge in [0.2, 0.25) is 5.13 Å². The molecule has 2 aromatic rings. The van der Waals surface area contributed by atoms with E-state index in [-0.39, 0.29) is 0 Å². The van der Waals surface area contributed by atoms with Gasteiger partial charge in [0.1, 0.15) is 9.90 Å². The minimum atomic E-state index is -3.59. The Hall–Kier alpha value is -1.03. The molecule has 0 radical (unpaired) electrons. The maximum absolute atomic E-state index is 12.3. The fourth-order valence-electron chi connectivity index (χ4n) is 1.63. The Morgan fingerprint density at radius 3 is 2.60 bits per heavy atom. The van der Waals surface area contributed by atoms with Crippen molar-refractivity contribution in [2.75, 3.05) is 11.3 Å². The minimum absolute atomic E-state index is 0.293. The van der Waals surface area contributed by atoms with Gasteiger partial charge in [0.05, 0.1) is 0 Å². The molecule has 0 fully saturated rings. The van der Waals surface area contributed by atoms with Crippen LogP contribution in [0.4, 0.5) is 5.13 Å². The second-order valence-electron chi connectivity index (χ2n) is 4.15. The summed E-state index contributed by atoms with van der Waals surface area (Å²) in [6, 6.07) is 1.71. The van der Waals surface area contributed by atoms with Crippen LogP contribution in [-0.2, 0) is 16.6 Å². The second-order valence-corrected chi connectivity index (χ2v) is 8.32. The lowest BCUT2D eigenvalue weighted by atomic mass is 10.4. The summed E-state index contributed by atoms with van der Waals surface area (Å²) in [5.41, 5.74) is 0. The van der Waals surface area contributed by atoms with Gasteiger partial charge >= 0.3 is 0 Å². The van der Waals surface area contributed by atoms with E-state index in [1.165, 1.54) is 22.7 Å². The molecule has 0 spiro atoms. The number of anilines is 1. The number of nitrogens with zero attached hydrogens (tertiary/aromatic N) is 2. The minimum Gasteiger partial charge on any atom is -0.312 e. The highest BCUT2D eigenvalue weighted by Gasteiger charge is 2.21. The van der Waals surface area contributed by atoms with Crippen LogP contribution in [0.25, 0.3) is 0 Å². The third kappa shape index (κ3) is 3.54. The maximum Gasteiger partial charge on any atom is 0.264 e. The van der Waals surface area contributed by atoms with E-state index in [9.17, 15) is 8.42 Å². The Kier molecular flexibility index (Phi) is 4.74. The summed E-state index contributed by atoms with van der Waals surface area (Å²) in [5.74, 6) is 0. The summed E-state index contributed by atoms with van der Waals surface area (Å²) in [4.78, 5) is 2.08.